The van der Waals surface area contributed by atoms with Gasteiger partial charge in [0.2, 0.25) is 0 Å². The molecular weight excluding hydrogens is 319 g/mol. The largest absolute Gasteiger partial charge is 0.370 e. The van der Waals surface area contributed by atoms with Crippen molar-refractivity contribution in [2.24, 2.45) is 10.7 Å². The van der Waals surface area contributed by atoms with E-state index in [1.807, 2.05) is 13.0 Å². The van der Waals surface area contributed by atoms with Crippen molar-refractivity contribution in [3.8, 4) is 0 Å². The van der Waals surface area contributed by atoms with Crippen LogP contribution in [0.3, 0.4) is 0 Å². The molecule has 1 aromatic heterocycles. The normalized spacial score (nSPS) is 10.7. The van der Waals surface area contributed by atoms with Crippen LogP contribution in [0.1, 0.15) is 11.5 Å². The van der Waals surface area contributed by atoms with E-state index in [-0.39, 0.29) is 24.0 Å². The monoisotopic (exact) mass is 336 g/mol. The SMILES string of the molecule is C=CCNC(N)=NCCc1cc(C)no1.I. The molecule has 0 radical (unpaired) electrons. The number of nitrogens with one attached hydrogen (secondary N) is 1. The number of rotatable bonds is 5. The minimum absolute atomic E-state index is 0. The molecule has 1 heterocycles. The number of hydrogen-bond acceptors (Lipinski definition) is 3. The Bertz CT molecular complexity index is 348. The van der Waals surface area contributed by atoms with Gasteiger partial charge in [0, 0.05) is 25.6 Å². The van der Waals surface area contributed by atoms with Gasteiger partial charge in [0.25, 0.3) is 0 Å². The second kappa shape index (κ2) is 8.14. The van der Waals surface area contributed by atoms with Gasteiger partial charge in [-0.15, -0.1) is 30.6 Å². The van der Waals surface area contributed by atoms with Crippen LogP contribution in [0.15, 0.2) is 28.2 Å². The predicted molar refractivity (Wildman–Crippen MR) is 75.0 cm³/mol. The summed E-state index contributed by atoms with van der Waals surface area (Å²) in [5.41, 5.74) is 6.46. The van der Waals surface area contributed by atoms with Crippen LogP contribution in [0.25, 0.3) is 0 Å². The van der Waals surface area contributed by atoms with Crippen molar-refractivity contribution in [3.63, 3.8) is 0 Å². The number of hydrogen-bond donors (Lipinski definition) is 2. The molecule has 0 aliphatic heterocycles. The van der Waals surface area contributed by atoms with E-state index in [9.17, 15) is 0 Å². The van der Waals surface area contributed by atoms with Gasteiger partial charge in [-0.1, -0.05) is 11.2 Å². The summed E-state index contributed by atoms with van der Waals surface area (Å²) in [7, 11) is 0. The standard InChI is InChI=1S/C10H16N4O.HI/c1-3-5-12-10(11)13-6-4-9-7-8(2)14-15-9;/h3,7H,1,4-6H2,2H3,(H3,11,12,13);1H. The highest BCUT2D eigenvalue weighted by atomic mass is 127. The molecule has 0 saturated heterocycles. The van der Waals surface area contributed by atoms with Crippen LogP contribution in [-0.2, 0) is 6.42 Å². The van der Waals surface area contributed by atoms with Crippen molar-refractivity contribution in [1.82, 2.24) is 10.5 Å². The lowest BCUT2D eigenvalue weighted by Crippen LogP contribution is -2.31. The predicted octanol–water partition coefficient (Wildman–Crippen LogP) is 1.23. The summed E-state index contributed by atoms with van der Waals surface area (Å²) in [6, 6.07) is 1.89. The molecule has 5 nitrogen and oxygen atoms in total. The van der Waals surface area contributed by atoms with Crippen molar-refractivity contribution in [2.75, 3.05) is 13.1 Å². The Kier molecular flexibility index (Phi) is 7.61. The maximum atomic E-state index is 5.57. The zero-order valence-corrected chi connectivity index (χ0v) is 11.6. The van der Waals surface area contributed by atoms with Gasteiger partial charge in [-0.25, -0.2) is 0 Å². The number of guanidine groups is 1. The lowest BCUT2D eigenvalue weighted by molar-refractivity contribution is 0.381. The fourth-order valence-electron chi connectivity index (χ4n) is 1.05. The molecule has 6 heteroatoms. The molecule has 0 unspecified atom stereocenters. The number of aromatic nitrogens is 1. The van der Waals surface area contributed by atoms with Crippen LogP contribution in [0.4, 0.5) is 0 Å². The molecule has 0 aliphatic rings. The van der Waals surface area contributed by atoms with Crippen molar-refractivity contribution in [1.29, 1.82) is 0 Å². The van der Waals surface area contributed by atoms with Crippen molar-refractivity contribution >= 4 is 29.9 Å². The minimum Gasteiger partial charge on any atom is -0.370 e. The summed E-state index contributed by atoms with van der Waals surface area (Å²) in [5, 5.41) is 6.67. The van der Waals surface area contributed by atoms with Gasteiger partial charge in [-0.2, -0.15) is 0 Å². The molecule has 90 valence electrons. The lowest BCUT2D eigenvalue weighted by Gasteiger charge is -2.00. The molecule has 0 atom stereocenters. The molecule has 0 amide bonds. The highest BCUT2D eigenvalue weighted by molar-refractivity contribution is 14.0. The van der Waals surface area contributed by atoms with Gasteiger partial charge in [-0.3, -0.25) is 4.99 Å². The smallest absolute Gasteiger partial charge is 0.188 e. The van der Waals surface area contributed by atoms with Crippen LogP contribution in [0.2, 0.25) is 0 Å². The van der Waals surface area contributed by atoms with E-state index >= 15 is 0 Å². The number of nitrogens with two attached hydrogens (primary N) is 1. The topological polar surface area (TPSA) is 76.4 Å². The van der Waals surface area contributed by atoms with Crippen molar-refractivity contribution in [3.05, 3.63) is 30.2 Å². The highest BCUT2D eigenvalue weighted by Crippen LogP contribution is 2.02. The first kappa shape index (κ1) is 14.9. The summed E-state index contributed by atoms with van der Waals surface area (Å²) in [5.74, 6) is 1.25. The van der Waals surface area contributed by atoms with Crippen LogP contribution < -0.4 is 11.1 Å². The summed E-state index contributed by atoms with van der Waals surface area (Å²) >= 11 is 0. The first-order valence-corrected chi connectivity index (χ1v) is 4.79. The second-order valence-corrected chi connectivity index (χ2v) is 3.12. The molecule has 1 rings (SSSR count). The van der Waals surface area contributed by atoms with Gasteiger partial charge < -0.3 is 15.6 Å². The van der Waals surface area contributed by atoms with Crippen molar-refractivity contribution in [2.45, 2.75) is 13.3 Å². The van der Waals surface area contributed by atoms with E-state index in [2.05, 4.69) is 22.0 Å². The van der Waals surface area contributed by atoms with E-state index in [0.29, 0.717) is 25.5 Å². The fraction of sp³-hybridized carbons (Fsp3) is 0.400. The van der Waals surface area contributed by atoms with Crippen LogP contribution in [0.5, 0.6) is 0 Å². The third kappa shape index (κ3) is 5.74. The van der Waals surface area contributed by atoms with E-state index in [1.165, 1.54) is 0 Å². The van der Waals surface area contributed by atoms with Gasteiger partial charge in [0.1, 0.15) is 5.76 Å². The maximum Gasteiger partial charge on any atom is 0.188 e. The van der Waals surface area contributed by atoms with E-state index in [0.717, 1.165) is 11.5 Å². The Morgan fingerprint density at radius 3 is 3.06 bits per heavy atom. The molecule has 0 spiro atoms. The third-order valence-electron chi connectivity index (χ3n) is 1.74. The second-order valence-electron chi connectivity index (χ2n) is 3.12. The van der Waals surface area contributed by atoms with Crippen LogP contribution in [0, 0.1) is 6.92 Å². The lowest BCUT2D eigenvalue weighted by atomic mass is 10.3. The zero-order valence-electron chi connectivity index (χ0n) is 9.27. The summed E-state index contributed by atoms with van der Waals surface area (Å²) in [6.45, 7) is 6.66. The Balaban J connectivity index is 0.00000225. The van der Waals surface area contributed by atoms with Crippen LogP contribution in [-0.4, -0.2) is 24.2 Å². The fourth-order valence-corrected chi connectivity index (χ4v) is 1.05. The van der Waals surface area contributed by atoms with Crippen LogP contribution >= 0.6 is 24.0 Å². The average Bonchev–Trinajstić information content (AvgIpc) is 2.61. The first-order valence-electron chi connectivity index (χ1n) is 4.79. The Morgan fingerprint density at radius 1 is 1.75 bits per heavy atom. The van der Waals surface area contributed by atoms with Gasteiger partial charge in [-0.05, 0) is 6.92 Å². The molecule has 0 fully saturated rings. The third-order valence-corrected chi connectivity index (χ3v) is 1.74. The number of halogens is 1. The number of nitrogens with zero attached hydrogens (tertiary/aromatic N) is 2. The summed E-state index contributed by atoms with van der Waals surface area (Å²) in [4.78, 5) is 4.11. The Hall–Kier alpha value is -1.05. The Labute approximate surface area is 112 Å². The molecular formula is C10H17IN4O. The van der Waals surface area contributed by atoms with Gasteiger partial charge >= 0.3 is 0 Å². The number of aryl methyl sites for hydroxylation is 1. The first-order chi connectivity index (χ1) is 7.22. The maximum absolute atomic E-state index is 5.57. The van der Waals surface area contributed by atoms with E-state index in [4.69, 9.17) is 10.3 Å². The Morgan fingerprint density at radius 2 is 2.50 bits per heavy atom. The van der Waals surface area contributed by atoms with Crippen molar-refractivity contribution < 1.29 is 4.52 Å². The van der Waals surface area contributed by atoms with Gasteiger partial charge in [0.05, 0.1) is 5.69 Å². The highest BCUT2D eigenvalue weighted by Gasteiger charge is 1.99. The molecule has 0 saturated carbocycles. The molecule has 3 N–H and O–H groups in total. The quantitative estimate of drug-likeness (QED) is 0.367. The molecule has 0 aliphatic carbocycles. The van der Waals surface area contributed by atoms with Gasteiger partial charge in [0.15, 0.2) is 5.96 Å². The minimum atomic E-state index is 0. The summed E-state index contributed by atoms with van der Waals surface area (Å²) in [6.07, 6.45) is 2.43. The molecule has 16 heavy (non-hydrogen) atoms. The molecule has 1 aromatic rings. The van der Waals surface area contributed by atoms with E-state index < -0.39 is 0 Å². The zero-order chi connectivity index (χ0) is 11.1. The molecule has 0 bridgehead atoms. The van der Waals surface area contributed by atoms with E-state index in [1.54, 1.807) is 6.08 Å². The summed E-state index contributed by atoms with van der Waals surface area (Å²) < 4.78 is 5.03. The average molecular weight is 336 g/mol. The number of aliphatic imine (C=N–C) groups is 1. The molecule has 0 aromatic carbocycles.